The van der Waals surface area contributed by atoms with Crippen LogP contribution in [-0.4, -0.2) is 45.7 Å². The number of nitrogens with zero attached hydrogens (tertiary/aromatic N) is 3. The zero-order valence-corrected chi connectivity index (χ0v) is 21.2. The van der Waals surface area contributed by atoms with Gasteiger partial charge in [0.1, 0.15) is 5.02 Å². The summed E-state index contributed by atoms with van der Waals surface area (Å²) in [6.07, 6.45) is 7.20. The Morgan fingerprint density at radius 2 is 1.91 bits per heavy atom. The SMILES string of the molecule is C=CCC(CC=Nc1ccc(C(=O)NC(C)C)cn1)NC(=O)C(C)(C)Oc1ncc(Cl)cc1Cl. The number of rotatable bonds is 11. The lowest BCUT2D eigenvalue weighted by Gasteiger charge is -2.27. The van der Waals surface area contributed by atoms with Gasteiger partial charge in [0.05, 0.1) is 10.6 Å². The molecule has 0 aromatic carbocycles. The van der Waals surface area contributed by atoms with Gasteiger partial charge in [-0.2, -0.15) is 0 Å². The lowest BCUT2D eigenvalue weighted by Crippen LogP contribution is -2.50. The topological polar surface area (TPSA) is 106 Å². The number of nitrogens with one attached hydrogen (secondary N) is 2. The maximum atomic E-state index is 12.9. The number of ether oxygens (including phenoxy) is 1. The molecule has 0 aliphatic rings. The zero-order valence-electron chi connectivity index (χ0n) is 19.6. The number of carbonyl (C=O) groups is 2. The summed E-state index contributed by atoms with van der Waals surface area (Å²) in [5.74, 6) is 0.0347. The van der Waals surface area contributed by atoms with E-state index < -0.39 is 5.60 Å². The van der Waals surface area contributed by atoms with Crippen LogP contribution in [0.3, 0.4) is 0 Å². The van der Waals surface area contributed by atoms with E-state index in [0.717, 1.165) is 0 Å². The molecule has 2 amide bonds. The number of hydrogen-bond donors (Lipinski definition) is 2. The van der Waals surface area contributed by atoms with Gasteiger partial charge in [-0.25, -0.2) is 15.0 Å². The first-order chi connectivity index (χ1) is 16.0. The van der Waals surface area contributed by atoms with E-state index >= 15 is 0 Å². The van der Waals surface area contributed by atoms with Gasteiger partial charge in [0.2, 0.25) is 5.88 Å². The first-order valence-corrected chi connectivity index (χ1v) is 11.5. The number of carbonyl (C=O) groups excluding carboxylic acids is 2. The second-order valence-corrected chi connectivity index (χ2v) is 9.17. The van der Waals surface area contributed by atoms with Crippen molar-refractivity contribution in [3.05, 3.63) is 58.9 Å². The van der Waals surface area contributed by atoms with Crippen LogP contribution in [0.25, 0.3) is 0 Å². The van der Waals surface area contributed by atoms with Crippen molar-refractivity contribution in [1.82, 2.24) is 20.6 Å². The van der Waals surface area contributed by atoms with Crippen molar-refractivity contribution in [3.63, 3.8) is 0 Å². The highest BCUT2D eigenvalue weighted by Gasteiger charge is 2.32. The summed E-state index contributed by atoms with van der Waals surface area (Å²) in [7, 11) is 0. The lowest BCUT2D eigenvalue weighted by atomic mass is 10.1. The van der Waals surface area contributed by atoms with E-state index in [0.29, 0.717) is 29.2 Å². The van der Waals surface area contributed by atoms with Gasteiger partial charge in [0, 0.05) is 37.1 Å². The van der Waals surface area contributed by atoms with Crippen LogP contribution in [0.1, 0.15) is 50.9 Å². The Labute approximate surface area is 209 Å². The van der Waals surface area contributed by atoms with Gasteiger partial charge < -0.3 is 15.4 Å². The van der Waals surface area contributed by atoms with Crippen molar-refractivity contribution in [2.75, 3.05) is 0 Å². The fraction of sp³-hybridized carbons (Fsp3) is 0.375. The number of aliphatic imine (C=N–C) groups is 1. The second-order valence-electron chi connectivity index (χ2n) is 8.33. The molecule has 34 heavy (non-hydrogen) atoms. The second kappa shape index (κ2) is 12.5. The molecule has 0 saturated heterocycles. The molecule has 0 fully saturated rings. The van der Waals surface area contributed by atoms with Crippen LogP contribution in [0.15, 0.2) is 48.2 Å². The molecule has 0 bridgehead atoms. The summed E-state index contributed by atoms with van der Waals surface area (Å²) in [6.45, 7) is 10.8. The van der Waals surface area contributed by atoms with Crippen molar-refractivity contribution in [1.29, 1.82) is 0 Å². The molecule has 0 saturated carbocycles. The molecule has 0 aliphatic heterocycles. The van der Waals surface area contributed by atoms with Gasteiger partial charge in [-0.15, -0.1) is 6.58 Å². The number of hydrogen-bond acceptors (Lipinski definition) is 6. The maximum Gasteiger partial charge on any atom is 0.263 e. The van der Waals surface area contributed by atoms with E-state index in [2.05, 4.69) is 32.2 Å². The van der Waals surface area contributed by atoms with E-state index in [4.69, 9.17) is 27.9 Å². The largest absolute Gasteiger partial charge is 0.460 e. The quantitative estimate of drug-likeness (QED) is 0.332. The van der Waals surface area contributed by atoms with Gasteiger partial charge in [0.25, 0.3) is 11.8 Å². The van der Waals surface area contributed by atoms with Crippen LogP contribution in [0.2, 0.25) is 10.0 Å². The maximum absolute atomic E-state index is 12.9. The monoisotopic (exact) mass is 505 g/mol. The molecular weight excluding hydrogens is 477 g/mol. The Hall–Kier alpha value is -2.97. The van der Waals surface area contributed by atoms with E-state index in [1.54, 1.807) is 38.3 Å². The Balaban J connectivity index is 1.98. The molecule has 8 nitrogen and oxygen atoms in total. The fourth-order valence-electron chi connectivity index (χ4n) is 2.76. The number of pyridine rings is 2. The molecule has 1 atom stereocenters. The van der Waals surface area contributed by atoms with E-state index in [9.17, 15) is 9.59 Å². The van der Waals surface area contributed by atoms with E-state index in [1.165, 1.54) is 18.5 Å². The van der Waals surface area contributed by atoms with Crippen LogP contribution in [-0.2, 0) is 4.79 Å². The van der Waals surface area contributed by atoms with Crippen LogP contribution < -0.4 is 15.4 Å². The highest BCUT2D eigenvalue weighted by atomic mass is 35.5. The molecule has 2 N–H and O–H groups in total. The van der Waals surface area contributed by atoms with Crippen LogP contribution in [0.4, 0.5) is 5.82 Å². The van der Waals surface area contributed by atoms with Crippen molar-refractivity contribution in [2.45, 2.75) is 58.2 Å². The molecular formula is C24H29Cl2N5O3. The highest BCUT2D eigenvalue weighted by Crippen LogP contribution is 2.28. The van der Waals surface area contributed by atoms with Crippen molar-refractivity contribution in [2.24, 2.45) is 4.99 Å². The summed E-state index contributed by atoms with van der Waals surface area (Å²) in [6, 6.07) is 4.59. The fourth-order valence-corrected chi connectivity index (χ4v) is 3.17. The zero-order chi connectivity index (χ0) is 25.3. The van der Waals surface area contributed by atoms with E-state index in [1.807, 2.05) is 13.8 Å². The van der Waals surface area contributed by atoms with Gasteiger partial charge in [0.15, 0.2) is 11.4 Å². The van der Waals surface area contributed by atoms with Gasteiger partial charge in [-0.3, -0.25) is 9.59 Å². The third-order valence-electron chi connectivity index (χ3n) is 4.50. The normalized spacial score (nSPS) is 12.4. The average molecular weight is 506 g/mol. The molecule has 0 spiro atoms. The van der Waals surface area contributed by atoms with Crippen molar-refractivity contribution >= 4 is 47.0 Å². The van der Waals surface area contributed by atoms with E-state index in [-0.39, 0.29) is 34.8 Å². The molecule has 10 heteroatoms. The smallest absolute Gasteiger partial charge is 0.263 e. The first kappa shape index (κ1) is 27.3. The van der Waals surface area contributed by atoms with Crippen LogP contribution in [0, 0.1) is 0 Å². The number of aromatic nitrogens is 2. The Kier molecular flexibility index (Phi) is 10.0. The molecule has 0 aliphatic carbocycles. The molecule has 0 radical (unpaired) electrons. The molecule has 2 heterocycles. The Morgan fingerprint density at radius 1 is 1.18 bits per heavy atom. The first-order valence-electron chi connectivity index (χ1n) is 10.7. The van der Waals surface area contributed by atoms with Gasteiger partial charge in [-0.1, -0.05) is 29.3 Å². The summed E-state index contributed by atoms with van der Waals surface area (Å²) in [4.78, 5) is 37.4. The molecule has 2 aromatic heterocycles. The predicted octanol–water partition coefficient (Wildman–Crippen LogP) is 4.93. The summed E-state index contributed by atoms with van der Waals surface area (Å²) >= 11 is 12.0. The van der Waals surface area contributed by atoms with Gasteiger partial charge >= 0.3 is 0 Å². The third kappa shape index (κ3) is 8.43. The van der Waals surface area contributed by atoms with Gasteiger partial charge in [-0.05, 0) is 52.3 Å². The van der Waals surface area contributed by atoms with Crippen molar-refractivity contribution < 1.29 is 14.3 Å². The third-order valence-corrected chi connectivity index (χ3v) is 4.98. The van der Waals surface area contributed by atoms with Crippen molar-refractivity contribution in [3.8, 4) is 5.88 Å². The number of halogens is 2. The minimum absolute atomic E-state index is 0.0389. The highest BCUT2D eigenvalue weighted by molar-refractivity contribution is 6.35. The summed E-state index contributed by atoms with van der Waals surface area (Å²) in [5, 5.41) is 6.33. The molecule has 1 unspecified atom stereocenters. The van der Waals surface area contributed by atoms with Crippen LogP contribution in [0.5, 0.6) is 5.88 Å². The standard InChI is InChI=1S/C24H29Cl2N5O3/c1-6-7-18(10-11-27-20-9-8-16(13-28-20)21(32)30-15(2)3)31-23(33)24(4,5)34-22-19(26)12-17(25)14-29-22/h6,8-9,11-15,18H,1,7,10H2,2-5H3,(H,30,32)(H,31,33). The minimum Gasteiger partial charge on any atom is -0.460 e. The molecule has 2 rings (SSSR count). The van der Waals surface area contributed by atoms with Crippen LogP contribution >= 0.6 is 23.2 Å². The summed E-state index contributed by atoms with van der Waals surface area (Å²) < 4.78 is 5.74. The lowest BCUT2D eigenvalue weighted by molar-refractivity contribution is -0.135. The minimum atomic E-state index is -1.24. The summed E-state index contributed by atoms with van der Waals surface area (Å²) in [5.41, 5.74) is -0.781. The molecule has 2 aromatic rings. The molecule has 182 valence electrons. The predicted molar refractivity (Wildman–Crippen MR) is 135 cm³/mol. The Bertz CT molecular complexity index is 1040. The Morgan fingerprint density at radius 3 is 2.50 bits per heavy atom. The number of amides is 2. The average Bonchev–Trinajstić information content (AvgIpc) is 2.75.